The molecule has 1 N–H and O–H groups in total. The smallest absolute Gasteiger partial charge is 0.220 e. The minimum Gasteiger partial charge on any atom is -0.349 e. The molecular weight excluding hydrogens is 265 g/mol. The number of rotatable bonds is 5. The van der Waals surface area contributed by atoms with E-state index in [0.29, 0.717) is 18.7 Å². The molecule has 0 spiro atoms. The number of halogens is 2. The lowest BCUT2D eigenvalue weighted by atomic mass is 9.82. The maximum absolute atomic E-state index is 13.0. The Morgan fingerprint density at radius 1 is 1.32 bits per heavy atom. The van der Waals surface area contributed by atoms with Gasteiger partial charge in [0.25, 0.3) is 0 Å². The maximum atomic E-state index is 13.0. The Hall–Kier alpha value is -1.09. The van der Waals surface area contributed by atoms with Gasteiger partial charge in [0.2, 0.25) is 5.91 Å². The highest BCUT2D eigenvalue weighted by molar-refractivity contribution is 6.17. The largest absolute Gasteiger partial charge is 0.349 e. The Balaban J connectivity index is 2.84. The molecule has 2 nitrogen and oxygen atoms in total. The highest BCUT2D eigenvalue weighted by Crippen LogP contribution is 2.32. The zero-order chi connectivity index (χ0) is 14.5. The molecule has 106 valence electrons. The third kappa shape index (κ3) is 5.19. The van der Waals surface area contributed by atoms with Gasteiger partial charge in [0.05, 0.1) is 6.04 Å². The van der Waals surface area contributed by atoms with Crippen LogP contribution in [0.4, 0.5) is 4.39 Å². The van der Waals surface area contributed by atoms with Crippen molar-refractivity contribution in [3.63, 3.8) is 0 Å². The number of hydrogen-bond donors (Lipinski definition) is 1. The molecule has 0 aliphatic heterocycles. The van der Waals surface area contributed by atoms with Crippen LogP contribution in [0.15, 0.2) is 24.3 Å². The normalized spacial score (nSPS) is 13.1. The Bertz CT molecular complexity index is 411. The summed E-state index contributed by atoms with van der Waals surface area (Å²) in [5, 5.41) is 3.01. The van der Waals surface area contributed by atoms with Gasteiger partial charge in [0.15, 0.2) is 0 Å². The van der Waals surface area contributed by atoms with Gasteiger partial charge >= 0.3 is 0 Å². The van der Waals surface area contributed by atoms with Crippen LogP contribution in [-0.2, 0) is 4.79 Å². The van der Waals surface area contributed by atoms with Crippen LogP contribution in [0.25, 0.3) is 0 Å². The molecule has 0 heterocycles. The predicted octanol–water partition coefficient (Wildman–Crippen LogP) is 4.05. The average molecular weight is 286 g/mol. The Morgan fingerprint density at radius 3 is 2.37 bits per heavy atom. The number of carbonyl (C=O) groups is 1. The van der Waals surface area contributed by atoms with Crippen LogP contribution in [0.3, 0.4) is 0 Å². The number of benzene rings is 1. The van der Waals surface area contributed by atoms with Crippen LogP contribution in [-0.4, -0.2) is 11.8 Å². The topological polar surface area (TPSA) is 29.1 Å². The fraction of sp³-hybridized carbons (Fsp3) is 0.533. The molecule has 1 amide bonds. The summed E-state index contributed by atoms with van der Waals surface area (Å²) in [6, 6.07) is 6.12. The monoisotopic (exact) mass is 285 g/mol. The van der Waals surface area contributed by atoms with E-state index in [0.717, 1.165) is 5.56 Å². The van der Waals surface area contributed by atoms with Crippen molar-refractivity contribution in [2.45, 2.75) is 39.7 Å². The van der Waals surface area contributed by atoms with E-state index in [-0.39, 0.29) is 23.2 Å². The van der Waals surface area contributed by atoms with Crippen LogP contribution in [0.1, 0.15) is 45.2 Å². The van der Waals surface area contributed by atoms with E-state index in [1.54, 1.807) is 12.1 Å². The molecular formula is C15H21ClFNO. The van der Waals surface area contributed by atoms with E-state index in [2.05, 4.69) is 5.32 Å². The van der Waals surface area contributed by atoms with Gasteiger partial charge in [-0.15, -0.1) is 11.6 Å². The van der Waals surface area contributed by atoms with Crippen molar-refractivity contribution in [1.29, 1.82) is 0 Å². The Morgan fingerprint density at radius 2 is 1.89 bits per heavy atom. The van der Waals surface area contributed by atoms with Crippen molar-refractivity contribution in [3.8, 4) is 0 Å². The lowest BCUT2D eigenvalue weighted by Gasteiger charge is -2.32. The SMILES string of the molecule is CC(C)(C)C(NC(=O)CCCCl)c1ccc(F)cc1. The van der Waals surface area contributed by atoms with Crippen molar-refractivity contribution in [1.82, 2.24) is 5.32 Å². The van der Waals surface area contributed by atoms with Gasteiger partial charge in [-0.2, -0.15) is 0 Å². The molecule has 1 atom stereocenters. The molecule has 0 aliphatic carbocycles. The van der Waals surface area contributed by atoms with E-state index in [1.165, 1.54) is 12.1 Å². The van der Waals surface area contributed by atoms with Crippen molar-refractivity contribution in [3.05, 3.63) is 35.6 Å². The summed E-state index contributed by atoms with van der Waals surface area (Å²) in [6.07, 6.45) is 1.07. The molecule has 1 aromatic carbocycles. The van der Waals surface area contributed by atoms with Crippen molar-refractivity contribution >= 4 is 17.5 Å². The molecule has 0 fully saturated rings. The molecule has 1 rings (SSSR count). The fourth-order valence-electron chi connectivity index (χ4n) is 1.92. The first kappa shape index (κ1) is 16.0. The van der Waals surface area contributed by atoms with E-state index >= 15 is 0 Å². The quantitative estimate of drug-likeness (QED) is 0.813. The summed E-state index contributed by atoms with van der Waals surface area (Å²) in [6.45, 7) is 6.13. The molecule has 0 radical (unpaired) electrons. The van der Waals surface area contributed by atoms with Gasteiger partial charge in [0, 0.05) is 12.3 Å². The summed E-state index contributed by atoms with van der Waals surface area (Å²) in [4.78, 5) is 11.9. The van der Waals surface area contributed by atoms with E-state index in [4.69, 9.17) is 11.6 Å². The lowest BCUT2D eigenvalue weighted by molar-refractivity contribution is -0.122. The van der Waals surface area contributed by atoms with E-state index in [1.807, 2.05) is 20.8 Å². The van der Waals surface area contributed by atoms with Crippen molar-refractivity contribution < 1.29 is 9.18 Å². The molecule has 19 heavy (non-hydrogen) atoms. The second-order valence-electron chi connectivity index (χ2n) is 5.71. The average Bonchev–Trinajstić information content (AvgIpc) is 2.33. The fourth-order valence-corrected chi connectivity index (χ4v) is 2.05. The van der Waals surface area contributed by atoms with Crippen LogP contribution >= 0.6 is 11.6 Å². The lowest BCUT2D eigenvalue weighted by Crippen LogP contribution is -2.36. The van der Waals surface area contributed by atoms with Gasteiger partial charge in [-0.1, -0.05) is 32.9 Å². The minimum absolute atomic E-state index is 0.0232. The van der Waals surface area contributed by atoms with E-state index < -0.39 is 0 Å². The highest BCUT2D eigenvalue weighted by atomic mass is 35.5. The number of nitrogens with one attached hydrogen (secondary N) is 1. The van der Waals surface area contributed by atoms with Crippen molar-refractivity contribution in [2.75, 3.05) is 5.88 Å². The van der Waals surface area contributed by atoms with Crippen molar-refractivity contribution in [2.24, 2.45) is 5.41 Å². The second-order valence-corrected chi connectivity index (χ2v) is 6.09. The third-order valence-corrected chi connectivity index (χ3v) is 3.18. The molecule has 0 aromatic heterocycles. The number of hydrogen-bond acceptors (Lipinski definition) is 1. The van der Waals surface area contributed by atoms with Gasteiger partial charge in [-0.05, 0) is 29.5 Å². The Kier molecular flexibility index (Phi) is 5.80. The molecule has 1 unspecified atom stereocenters. The summed E-state index contributed by atoms with van der Waals surface area (Å²) >= 11 is 5.58. The van der Waals surface area contributed by atoms with Crippen LogP contribution in [0, 0.1) is 11.2 Å². The van der Waals surface area contributed by atoms with Gasteiger partial charge in [-0.25, -0.2) is 4.39 Å². The van der Waals surface area contributed by atoms with Gasteiger partial charge in [-0.3, -0.25) is 4.79 Å². The summed E-state index contributed by atoms with van der Waals surface area (Å²) in [7, 11) is 0. The number of alkyl halides is 1. The third-order valence-electron chi connectivity index (χ3n) is 2.91. The standard InChI is InChI=1S/C15H21ClFNO/c1-15(2,3)14(18-13(19)5-4-10-16)11-6-8-12(17)9-7-11/h6-9,14H,4-5,10H2,1-3H3,(H,18,19). The molecule has 0 saturated heterocycles. The molecule has 0 bridgehead atoms. The second kappa shape index (κ2) is 6.90. The summed E-state index contributed by atoms with van der Waals surface area (Å²) in [5.74, 6) is 0.180. The highest BCUT2D eigenvalue weighted by Gasteiger charge is 2.27. The molecule has 1 aromatic rings. The zero-order valence-corrected chi connectivity index (χ0v) is 12.4. The van der Waals surface area contributed by atoms with Gasteiger partial charge in [0.1, 0.15) is 5.82 Å². The first-order chi connectivity index (χ1) is 8.84. The first-order valence-electron chi connectivity index (χ1n) is 6.45. The summed E-state index contributed by atoms with van der Waals surface area (Å²) < 4.78 is 13.0. The first-order valence-corrected chi connectivity index (χ1v) is 6.99. The molecule has 4 heteroatoms. The Labute approximate surface area is 119 Å². The molecule has 0 saturated carbocycles. The molecule has 0 aliphatic rings. The van der Waals surface area contributed by atoms with Crippen LogP contribution in [0.2, 0.25) is 0 Å². The van der Waals surface area contributed by atoms with Gasteiger partial charge < -0.3 is 5.32 Å². The van der Waals surface area contributed by atoms with E-state index in [9.17, 15) is 9.18 Å². The number of amides is 1. The zero-order valence-electron chi connectivity index (χ0n) is 11.7. The predicted molar refractivity (Wildman–Crippen MR) is 76.7 cm³/mol. The number of carbonyl (C=O) groups excluding carboxylic acids is 1. The maximum Gasteiger partial charge on any atom is 0.220 e. The van der Waals surface area contributed by atoms with Crippen LogP contribution in [0.5, 0.6) is 0 Å². The minimum atomic E-state index is -0.273. The summed E-state index contributed by atoms with van der Waals surface area (Å²) in [5.41, 5.74) is 0.766. The van der Waals surface area contributed by atoms with Crippen LogP contribution < -0.4 is 5.32 Å².